The van der Waals surface area contributed by atoms with Gasteiger partial charge in [-0.1, -0.05) is 19.3 Å². The van der Waals surface area contributed by atoms with Crippen LogP contribution in [0.25, 0.3) is 0 Å². The molecule has 0 radical (unpaired) electrons. The molecule has 0 aromatic heterocycles. The average Bonchev–Trinajstić information content (AvgIpc) is 2.65. The van der Waals surface area contributed by atoms with Crippen LogP contribution in [0, 0.1) is 11.7 Å². The number of hydrogen-bond acceptors (Lipinski definition) is 2. The predicted molar refractivity (Wildman–Crippen MR) is 71.9 cm³/mol. The summed E-state index contributed by atoms with van der Waals surface area (Å²) in [5.74, 6) is -2.15. The molecule has 0 heterocycles. The quantitative estimate of drug-likeness (QED) is 0.836. The SMILES string of the molecule is O=C(N[C@H]1CCCCC[C@H]1C(=O)O)c1ccc(F)cc1. The zero-order valence-corrected chi connectivity index (χ0v) is 11.1. The summed E-state index contributed by atoms with van der Waals surface area (Å²) in [7, 11) is 0. The van der Waals surface area contributed by atoms with Crippen molar-refractivity contribution in [1.29, 1.82) is 0 Å². The molecule has 4 nitrogen and oxygen atoms in total. The van der Waals surface area contributed by atoms with Gasteiger partial charge < -0.3 is 10.4 Å². The number of amides is 1. The lowest BCUT2D eigenvalue weighted by Crippen LogP contribution is -2.42. The van der Waals surface area contributed by atoms with Crippen molar-refractivity contribution in [2.75, 3.05) is 0 Å². The second-order valence-electron chi connectivity index (χ2n) is 5.17. The van der Waals surface area contributed by atoms with E-state index in [-0.39, 0.29) is 11.9 Å². The number of carbonyl (C=O) groups excluding carboxylic acids is 1. The van der Waals surface area contributed by atoms with E-state index in [1.165, 1.54) is 24.3 Å². The Bertz CT molecular complexity index is 486. The first-order valence-electron chi connectivity index (χ1n) is 6.87. The van der Waals surface area contributed by atoms with Gasteiger partial charge in [0, 0.05) is 11.6 Å². The van der Waals surface area contributed by atoms with E-state index in [2.05, 4.69) is 5.32 Å². The minimum absolute atomic E-state index is 0.344. The number of hydrogen-bond donors (Lipinski definition) is 2. The van der Waals surface area contributed by atoms with Crippen LogP contribution < -0.4 is 5.32 Å². The van der Waals surface area contributed by atoms with Crippen LogP contribution in [-0.4, -0.2) is 23.0 Å². The maximum absolute atomic E-state index is 12.8. The van der Waals surface area contributed by atoms with Gasteiger partial charge in [0.15, 0.2) is 0 Å². The summed E-state index contributed by atoms with van der Waals surface area (Å²) in [6.45, 7) is 0. The third-order valence-corrected chi connectivity index (χ3v) is 3.76. The van der Waals surface area contributed by atoms with Crippen LogP contribution in [0.5, 0.6) is 0 Å². The molecule has 1 saturated carbocycles. The molecule has 1 aliphatic carbocycles. The minimum Gasteiger partial charge on any atom is -0.481 e. The van der Waals surface area contributed by atoms with E-state index in [1.54, 1.807) is 0 Å². The van der Waals surface area contributed by atoms with Crippen molar-refractivity contribution in [3.63, 3.8) is 0 Å². The van der Waals surface area contributed by atoms with Gasteiger partial charge >= 0.3 is 5.97 Å². The largest absolute Gasteiger partial charge is 0.481 e. The highest BCUT2D eigenvalue weighted by Crippen LogP contribution is 2.24. The lowest BCUT2D eigenvalue weighted by atomic mass is 9.94. The molecule has 20 heavy (non-hydrogen) atoms. The molecule has 0 bridgehead atoms. The van der Waals surface area contributed by atoms with Crippen LogP contribution in [0.3, 0.4) is 0 Å². The smallest absolute Gasteiger partial charge is 0.308 e. The minimum atomic E-state index is -0.865. The highest BCUT2D eigenvalue weighted by molar-refractivity contribution is 5.94. The molecule has 1 amide bonds. The van der Waals surface area contributed by atoms with Crippen molar-refractivity contribution < 1.29 is 19.1 Å². The molecule has 0 aliphatic heterocycles. The first kappa shape index (κ1) is 14.5. The fourth-order valence-electron chi connectivity index (χ4n) is 2.63. The highest BCUT2D eigenvalue weighted by atomic mass is 19.1. The fraction of sp³-hybridized carbons (Fsp3) is 0.467. The van der Waals surface area contributed by atoms with Crippen LogP contribution in [0.2, 0.25) is 0 Å². The molecule has 1 aromatic rings. The highest BCUT2D eigenvalue weighted by Gasteiger charge is 2.30. The van der Waals surface area contributed by atoms with Gasteiger partial charge in [0.2, 0.25) is 0 Å². The standard InChI is InChI=1S/C15H18FNO3/c16-11-8-6-10(7-9-11)14(18)17-13-5-3-1-2-4-12(13)15(19)20/h6-9,12-13H,1-5H2,(H,17,18)(H,19,20)/t12-,13+/m1/s1. The number of nitrogens with one attached hydrogen (secondary N) is 1. The monoisotopic (exact) mass is 279 g/mol. The van der Waals surface area contributed by atoms with Gasteiger partial charge in [-0.25, -0.2) is 4.39 Å². The van der Waals surface area contributed by atoms with Crippen molar-refractivity contribution in [2.24, 2.45) is 5.92 Å². The molecule has 1 fully saturated rings. The van der Waals surface area contributed by atoms with Crippen molar-refractivity contribution in [3.8, 4) is 0 Å². The van der Waals surface area contributed by atoms with Crippen molar-refractivity contribution >= 4 is 11.9 Å². The van der Waals surface area contributed by atoms with Gasteiger partial charge in [-0.3, -0.25) is 9.59 Å². The first-order chi connectivity index (χ1) is 9.58. The van der Waals surface area contributed by atoms with Crippen molar-refractivity contribution in [3.05, 3.63) is 35.6 Å². The number of carboxylic acids is 1. The Labute approximate surface area is 117 Å². The topological polar surface area (TPSA) is 66.4 Å². The number of carboxylic acid groups (broad SMARTS) is 1. The Morgan fingerprint density at radius 3 is 2.40 bits per heavy atom. The molecule has 1 aromatic carbocycles. The molecule has 0 unspecified atom stereocenters. The van der Waals surface area contributed by atoms with Crippen molar-refractivity contribution in [2.45, 2.75) is 38.1 Å². The van der Waals surface area contributed by atoms with Gasteiger partial charge in [-0.05, 0) is 37.1 Å². The van der Waals surface area contributed by atoms with E-state index < -0.39 is 17.7 Å². The fourth-order valence-corrected chi connectivity index (χ4v) is 2.63. The van der Waals surface area contributed by atoms with E-state index in [0.29, 0.717) is 18.4 Å². The number of rotatable bonds is 3. The average molecular weight is 279 g/mol. The number of aliphatic carboxylic acids is 1. The summed E-state index contributed by atoms with van der Waals surface area (Å²) >= 11 is 0. The third-order valence-electron chi connectivity index (χ3n) is 3.76. The maximum atomic E-state index is 12.8. The third kappa shape index (κ3) is 3.56. The molecule has 0 saturated heterocycles. The lowest BCUT2D eigenvalue weighted by molar-refractivity contribution is -0.142. The van der Waals surface area contributed by atoms with Gasteiger partial charge in [0.1, 0.15) is 5.82 Å². The second kappa shape index (κ2) is 6.50. The van der Waals surface area contributed by atoms with E-state index in [1.807, 2.05) is 0 Å². The second-order valence-corrected chi connectivity index (χ2v) is 5.17. The number of benzene rings is 1. The van der Waals surface area contributed by atoms with E-state index in [4.69, 9.17) is 0 Å². The van der Waals surface area contributed by atoms with Gasteiger partial charge in [0.05, 0.1) is 5.92 Å². The Kier molecular flexibility index (Phi) is 4.71. The van der Waals surface area contributed by atoms with Crippen LogP contribution in [0.4, 0.5) is 4.39 Å². The Hall–Kier alpha value is -1.91. The summed E-state index contributed by atoms with van der Waals surface area (Å²) in [5, 5.41) is 12.0. The number of carbonyl (C=O) groups is 2. The van der Waals surface area contributed by atoms with Crippen LogP contribution in [0.1, 0.15) is 42.5 Å². The van der Waals surface area contributed by atoms with Crippen LogP contribution in [-0.2, 0) is 4.79 Å². The molecule has 0 spiro atoms. The van der Waals surface area contributed by atoms with E-state index >= 15 is 0 Å². The molecule has 5 heteroatoms. The molecule has 2 rings (SSSR count). The molecule has 108 valence electrons. The zero-order valence-electron chi connectivity index (χ0n) is 11.1. The maximum Gasteiger partial charge on any atom is 0.308 e. The summed E-state index contributed by atoms with van der Waals surface area (Å²) in [6, 6.07) is 4.88. The molecular formula is C15H18FNO3. The zero-order chi connectivity index (χ0) is 14.5. The van der Waals surface area contributed by atoms with Crippen molar-refractivity contribution in [1.82, 2.24) is 5.32 Å². The van der Waals surface area contributed by atoms with E-state index in [9.17, 15) is 19.1 Å². The predicted octanol–water partition coefficient (Wildman–Crippen LogP) is 2.59. The van der Waals surface area contributed by atoms with Gasteiger partial charge in [-0.2, -0.15) is 0 Å². The summed E-state index contributed by atoms with van der Waals surface area (Å²) in [4.78, 5) is 23.4. The molecular weight excluding hydrogens is 261 g/mol. The first-order valence-corrected chi connectivity index (χ1v) is 6.87. The van der Waals surface area contributed by atoms with Gasteiger partial charge in [-0.15, -0.1) is 0 Å². The number of halogens is 1. The van der Waals surface area contributed by atoms with E-state index in [0.717, 1.165) is 19.3 Å². The van der Waals surface area contributed by atoms with Crippen LogP contribution >= 0.6 is 0 Å². The normalized spacial score (nSPS) is 22.9. The van der Waals surface area contributed by atoms with Gasteiger partial charge in [0.25, 0.3) is 5.91 Å². The Morgan fingerprint density at radius 2 is 1.75 bits per heavy atom. The lowest BCUT2D eigenvalue weighted by Gasteiger charge is -2.22. The summed E-state index contributed by atoms with van der Waals surface area (Å²) in [6.07, 6.45) is 4.04. The Balaban J connectivity index is 2.07. The van der Waals surface area contributed by atoms with Crippen LogP contribution in [0.15, 0.2) is 24.3 Å². The Morgan fingerprint density at radius 1 is 1.10 bits per heavy atom. The summed E-state index contributed by atoms with van der Waals surface area (Å²) in [5.41, 5.74) is 0.347. The molecule has 2 atom stereocenters. The summed E-state index contributed by atoms with van der Waals surface area (Å²) < 4.78 is 12.8. The molecule has 2 N–H and O–H groups in total. The molecule has 1 aliphatic rings.